The first-order valence-corrected chi connectivity index (χ1v) is 7.90. The molecule has 0 aromatic heterocycles. The highest BCUT2D eigenvalue weighted by Crippen LogP contribution is 2.37. The zero-order valence-electron chi connectivity index (χ0n) is 11.4. The Balaban J connectivity index is 1.95. The van der Waals surface area contributed by atoms with E-state index in [1.807, 2.05) is 12.1 Å². The highest BCUT2D eigenvalue weighted by molar-refractivity contribution is 8.00. The molecule has 1 unspecified atom stereocenters. The molecule has 0 radical (unpaired) electrons. The Labute approximate surface area is 124 Å². The summed E-state index contributed by atoms with van der Waals surface area (Å²) in [6.45, 7) is 1.80. The van der Waals surface area contributed by atoms with Crippen molar-refractivity contribution in [3.8, 4) is 11.5 Å². The Morgan fingerprint density at radius 2 is 2.21 bits per heavy atom. The number of nitrogens with one attached hydrogen (secondary N) is 1. The van der Waals surface area contributed by atoms with E-state index < -0.39 is 0 Å². The van der Waals surface area contributed by atoms with Crippen LogP contribution in [0.25, 0.3) is 0 Å². The van der Waals surface area contributed by atoms with Crippen LogP contribution in [-0.2, 0) is 6.54 Å². The second kappa shape index (κ2) is 7.27. The van der Waals surface area contributed by atoms with Gasteiger partial charge in [0.25, 0.3) is 0 Å². The molecule has 2 rings (SSSR count). The predicted octanol–water partition coefficient (Wildman–Crippen LogP) is 3.34. The number of thioether (sulfide) groups is 1. The smallest absolute Gasteiger partial charge is 0.179 e. The number of rotatable bonds is 6. The minimum absolute atomic E-state index is 0.610. The summed E-state index contributed by atoms with van der Waals surface area (Å²) in [4.78, 5) is 0. The number of hydrogen-bond acceptors (Lipinski definition) is 4. The normalized spacial score (nSPS) is 18.6. The second-order valence-corrected chi connectivity index (χ2v) is 6.33. The maximum Gasteiger partial charge on any atom is 0.179 e. The van der Waals surface area contributed by atoms with Gasteiger partial charge in [-0.3, -0.25) is 0 Å². The Kier molecular flexibility index (Phi) is 5.67. The third kappa shape index (κ3) is 3.71. The van der Waals surface area contributed by atoms with Crippen LogP contribution in [0.2, 0.25) is 5.02 Å². The molecular formula is C14H20ClNO2S. The molecule has 106 valence electrons. The number of halogens is 1. The molecule has 1 aromatic rings. The van der Waals surface area contributed by atoms with Crippen molar-refractivity contribution in [3.63, 3.8) is 0 Å². The molecule has 0 aliphatic carbocycles. The Morgan fingerprint density at radius 1 is 1.37 bits per heavy atom. The number of methoxy groups -OCH3 is 2. The van der Waals surface area contributed by atoms with Crippen LogP contribution in [0.3, 0.4) is 0 Å². The first-order chi connectivity index (χ1) is 9.26. The third-order valence-electron chi connectivity index (χ3n) is 3.28. The van der Waals surface area contributed by atoms with Gasteiger partial charge < -0.3 is 14.8 Å². The van der Waals surface area contributed by atoms with Gasteiger partial charge in [0.15, 0.2) is 11.5 Å². The van der Waals surface area contributed by atoms with Gasteiger partial charge in [-0.15, -0.1) is 0 Å². The van der Waals surface area contributed by atoms with Crippen molar-refractivity contribution in [2.24, 2.45) is 0 Å². The predicted molar refractivity (Wildman–Crippen MR) is 81.7 cm³/mol. The zero-order chi connectivity index (χ0) is 13.7. The molecule has 0 bridgehead atoms. The van der Waals surface area contributed by atoms with Crippen LogP contribution in [0, 0.1) is 0 Å². The van der Waals surface area contributed by atoms with Crippen molar-refractivity contribution in [2.75, 3.05) is 26.5 Å². The first-order valence-electron chi connectivity index (χ1n) is 6.48. The largest absolute Gasteiger partial charge is 0.493 e. The van der Waals surface area contributed by atoms with E-state index in [0.29, 0.717) is 16.5 Å². The van der Waals surface area contributed by atoms with Crippen molar-refractivity contribution >= 4 is 23.4 Å². The summed E-state index contributed by atoms with van der Waals surface area (Å²) in [5, 5.41) is 4.85. The maximum atomic E-state index is 6.34. The molecule has 1 fully saturated rings. The number of hydrogen-bond donors (Lipinski definition) is 1. The highest BCUT2D eigenvalue weighted by atomic mass is 35.5. The average Bonchev–Trinajstić information content (AvgIpc) is 2.93. The van der Waals surface area contributed by atoms with Crippen LogP contribution < -0.4 is 14.8 Å². The molecule has 0 amide bonds. The zero-order valence-corrected chi connectivity index (χ0v) is 12.9. The Bertz CT molecular complexity index is 422. The number of ether oxygens (including phenoxy) is 2. The van der Waals surface area contributed by atoms with E-state index in [2.05, 4.69) is 17.1 Å². The molecule has 1 N–H and O–H groups in total. The van der Waals surface area contributed by atoms with Crippen LogP contribution >= 0.6 is 23.4 Å². The summed E-state index contributed by atoms with van der Waals surface area (Å²) in [7, 11) is 3.22. The van der Waals surface area contributed by atoms with Gasteiger partial charge in [0.1, 0.15) is 0 Å². The van der Waals surface area contributed by atoms with Crippen LogP contribution in [0.1, 0.15) is 18.4 Å². The summed E-state index contributed by atoms with van der Waals surface area (Å²) < 4.78 is 10.5. The van der Waals surface area contributed by atoms with Gasteiger partial charge in [-0.05, 0) is 30.2 Å². The van der Waals surface area contributed by atoms with Crippen molar-refractivity contribution in [1.29, 1.82) is 0 Å². The number of benzene rings is 1. The quantitative estimate of drug-likeness (QED) is 0.873. The van der Waals surface area contributed by atoms with Gasteiger partial charge in [0.2, 0.25) is 0 Å². The van der Waals surface area contributed by atoms with Gasteiger partial charge in [-0.1, -0.05) is 17.7 Å². The van der Waals surface area contributed by atoms with E-state index in [4.69, 9.17) is 21.1 Å². The lowest BCUT2D eigenvalue weighted by Crippen LogP contribution is -2.22. The molecule has 1 atom stereocenters. The Hall–Kier alpha value is -0.580. The lowest BCUT2D eigenvalue weighted by Gasteiger charge is -2.14. The molecule has 1 aliphatic rings. The summed E-state index contributed by atoms with van der Waals surface area (Å²) in [6, 6.07) is 3.88. The van der Waals surface area contributed by atoms with Gasteiger partial charge >= 0.3 is 0 Å². The molecule has 19 heavy (non-hydrogen) atoms. The van der Waals surface area contributed by atoms with Crippen molar-refractivity contribution in [3.05, 3.63) is 22.7 Å². The van der Waals surface area contributed by atoms with E-state index in [1.54, 1.807) is 14.2 Å². The van der Waals surface area contributed by atoms with E-state index in [9.17, 15) is 0 Å². The standard InChI is InChI=1S/C14H20ClNO2S/c1-17-12-6-5-10(13(15)14(12)18-2)8-16-9-11-4-3-7-19-11/h5-6,11,16H,3-4,7-9H2,1-2H3. The summed E-state index contributed by atoms with van der Waals surface area (Å²) in [5.74, 6) is 2.57. The SMILES string of the molecule is COc1ccc(CNCC2CCCS2)c(Cl)c1OC. The Morgan fingerprint density at radius 3 is 2.84 bits per heavy atom. The molecule has 1 aliphatic heterocycles. The minimum Gasteiger partial charge on any atom is -0.493 e. The van der Waals surface area contributed by atoms with Gasteiger partial charge in [-0.25, -0.2) is 0 Å². The minimum atomic E-state index is 0.610. The van der Waals surface area contributed by atoms with Gasteiger partial charge in [0.05, 0.1) is 19.2 Å². The molecule has 3 nitrogen and oxygen atoms in total. The maximum absolute atomic E-state index is 6.34. The van der Waals surface area contributed by atoms with Gasteiger partial charge in [0, 0.05) is 18.3 Å². The molecule has 0 spiro atoms. The molecule has 1 heterocycles. The lowest BCUT2D eigenvalue weighted by atomic mass is 10.2. The molecule has 1 saturated heterocycles. The van der Waals surface area contributed by atoms with Crippen LogP contribution in [-0.4, -0.2) is 31.8 Å². The average molecular weight is 302 g/mol. The van der Waals surface area contributed by atoms with Crippen molar-refractivity contribution < 1.29 is 9.47 Å². The van der Waals surface area contributed by atoms with E-state index in [1.165, 1.54) is 18.6 Å². The summed E-state index contributed by atoms with van der Waals surface area (Å²) in [6.07, 6.45) is 2.66. The fraction of sp³-hybridized carbons (Fsp3) is 0.571. The van der Waals surface area contributed by atoms with Crippen molar-refractivity contribution in [2.45, 2.75) is 24.6 Å². The van der Waals surface area contributed by atoms with Crippen molar-refractivity contribution in [1.82, 2.24) is 5.32 Å². The molecular weight excluding hydrogens is 282 g/mol. The third-order valence-corrected chi connectivity index (χ3v) is 5.09. The summed E-state index contributed by atoms with van der Waals surface area (Å²) >= 11 is 8.39. The fourth-order valence-corrected chi connectivity index (χ4v) is 3.78. The van der Waals surface area contributed by atoms with E-state index in [0.717, 1.165) is 23.9 Å². The molecule has 1 aromatic carbocycles. The first kappa shape index (κ1) is 14.8. The van der Waals surface area contributed by atoms with Gasteiger partial charge in [-0.2, -0.15) is 11.8 Å². The van der Waals surface area contributed by atoms with Crippen LogP contribution in [0.5, 0.6) is 11.5 Å². The second-order valence-electron chi connectivity index (χ2n) is 4.54. The van der Waals surface area contributed by atoms with Crippen LogP contribution in [0.4, 0.5) is 0 Å². The summed E-state index contributed by atoms with van der Waals surface area (Å²) in [5.41, 5.74) is 1.04. The molecule has 0 saturated carbocycles. The van der Waals surface area contributed by atoms with Crippen LogP contribution in [0.15, 0.2) is 12.1 Å². The van der Waals surface area contributed by atoms with E-state index >= 15 is 0 Å². The highest BCUT2D eigenvalue weighted by Gasteiger charge is 2.16. The monoisotopic (exact) mass is 301 g/mol. The lowest BCUT2D eigenvalue weighted by molar-refractivity contribution is 0.354. The molecule has 5 heteroatoms. The van der Waals surface area contributed by atoms with E-state index in [-0.39, 0.29) is 0 Å². The topological polar surface area (TPSA) is 30.5 Å². The fourth-order valence-electron chi connectivity index (χ4n) is 2.24.